The number of hydrogen-bond donors (Lipinski definition) is 1. The zero-order valence-electron chi connectivity index (χ0n) is 24.2. The Hall–Kier alpha value is -2.33. The normalized spacial score (nSPS) is 46.5. The van der Waals surface area contributed by atoms with E-state index in [0.29, 0.717) is 11.5 Å². The Labute approximate surface area is 231 Å². The van der Waals surface area contributed by atoms with Crippen molar-refractivity contribution in [3.05, 3.63) is 35.0 Å². The molecule has 1 unspecified atom stereocenters. The molecule has 0 saturated heterocycles. The van der Waals surface area contributed by atoms with Crippen molar-refractivity contribution in [2.45, 2.75) is 105 Å². The van der Waals surface area contributed by atoms with Crippen LogP contribution in [0, 0.1) is 56.7 Å². The number of allylic oxidation sites excluding steroid dienone is 3. The molecule has 0 radical (unpaired) electrons. The SMILES string of the molecule is C[C@@H]1C(O)C(C#N)=C[C@]2(C)C3=CC(=O)[C@@H]4[C@@H]5CC(C)(C)CC[C@]5(c5nc(CF)no5)CC[C@@]4(C)[C@]3(C)CC[C@@H]12. The molecule has 1 N–H and O–H groups in total. The van der Waals surface area contributed by atoms with E-state index >= 15 is 0 Å². The van der Waals surface area contributed by atoms with E-state index in [4.69, 9.17) is 4.52 Å². The lowest BCUT2D eigenvalue weighted by Crippen LogP contribution is -2.65. The van der Waals surface area contributed by atoms with E-state index in [1.54, 1.807) is 0 Å². The van der Waals surface area contributed by atoms with Crippen LogP contribution in [0.4, 0.5) is 4.39 Å². The van der Waals surface area contributed by atoms with E-state index in [-0.39, 0.29) is 51.5 Å². The third kappa shape index (κ3) is 3.36. The maximum Gasteiger partial charge on any atom is 0.233 e. The molecule has 6 nitrogen and oxygen atoms in total. The molecule has 6 rings (SSSR count). The highest BCUT2D eigenvalue weighted by Gasteiger charge is 2.70. The highest BCUT2D eigenvalue weighted by atomic mass is 19.1. The summed E-state index contributed by atoms with van der Waals surface area (Å²) in [6.45, 7) is 12.7. The maximum atomic E-state index is 14.5. The number of ketones is 1. The number of alkyl halides is 1. The first kappa shape index (κ1) is 26.9. The predicted molar refractivity (Wildman–Crippen MR) is 144 cm³/mol. The Balaban J connectivity index is 1.51. The number of carbonyl (C=O) groups excluding carboxylic acids is 1. The summed E-state index contributed by atoms with van der Waals surface area (Å²) in [6.07, 6.45) is 9.46. The van der Waals surface area contributed by atoms with Gasteiger partial charge in [0.1, 0.15) is 0 Å². The van der Waals surface area contributed by atoms with Crippen molar-refractivity contribution in [1.29, 1.82) is 5.26 Å². The van der Waals surface area contributed by atoms with Gasteiger partial charge in [0.05, 0.1) is 23.2 Å². The van der Waals surface area contributed by atoms with E-state index in [2.05, 4.69) is 50.8 Å². The van der Waals surface area contributed by atoms with Crippen LogP contribution in [0.5, 0.6) is 0 Å². The lowest BCUT2D eigenvalue weighted by Gasteiger charge is -2.68. The number of nitrogens with zero attached hydrogens (tertiary/aromatic N) is 3. The van der Waals surface area contributed by atoms with Gasteiger partial charge in [0, 0.05) is 11.3 Å². The highest BCUT2D eigenvalue weighted by molar-refractivity contribution is 5.95. The number of fused-ring (bicyclic) bond motifs is 7. The number of nitriles is 1. The van der Waals surface area contributed by atoms with Gasteiger partial charge in [-0.2, -0.15) is 10.2 Å². The first-order valence-corrected chi connectivity index (χ1v) is 14.7. The standard InChI is InChI=1S/C32H42FN3O3/c1-18-20-7-8-30(5)23(29(20,4)14-19(17-34)26(18)38)13-22(37)25-21-15-28(2,3)9-11-32(21,12-10-31(25,30)6)27-35-24(16-33)36-39-27/h13-14,18,20-21,25-26,38H,7-12,15-16H2,1-6H3/t18-,20-,21-,25-,26?,29-,30+,31+,32-/m0/s1. The number of aliphatic hydroxyl groups excluding tert-OH is 1. The number of carbonyl (C=O) groups is 1. The van der Waals surface area contributed by atoms with Crippen LogP contribution < -0.4 is 0 Å². The Morgan fingerprint density at radius 2 is 1.85 bits per heavy atom. The molecule has 0 bridgehead atoms. The van der Waals surface area contributed by atoms with Crippen LogP contribution in [0.15, 0.2) is 27.8 Å². The second kappa shape index (κ2) is 8.35. The van der Waals surface area contributed by atoms with Gasteiger partial charge in [-0.15, -0.1) is 0 Å². The fourth-order valence-electron chi connectivity index (χ4n) is 10.3. The van der Waals surface area contributed by atoms with Gasteiger partial charge in [-0.3, -0.25) is 4.79 Å². The molecular weight excluding hydrogens is 493 g/mol. The van der Waals surface area contributed by atoms with E-state index in [1.807, 2.05) is 19.1 Å². The predicted octanol–water partition coefficient (Wildman–Crippen LogP) is 6.41. The average Bonchev–Trinajstić information content (AvgIpc) is 3.37. The van der Waals surface area contributed by atoms with Gasteiger partial charge in [0.15, 0.2) is 12.5 Å². The summed E-state index contributed by atoms with van der Waals surface area (Å²) in [5.74, 6) is 0.698. The first-order chi connectivity index (χ1) is 18.3. The van der Waals surface area contributed by atoms with Crippen molar-refractivity contribution in [3.63, 3.8) is 0 Å². The summed E-state index contributed by atoms with van der Waals surface area (Å²) in [7, 11) is 0. The zero-order chi connectivity index (χ0) is 28.2. The smallest absolute Gasteiger partial charge is 0.233 e. The second-order valence-electron chi connectivity index (χ2n) is 14.9. The Bertz CT molecular complexity index is 1320. The van der Waals surface area contributed by atoms with E-state index in [0.717, 1.165) is 50.5 Å². The summed E-state index contributed by atoms with van der Waals surface area (Å²) in [6, 6.07) is 2.25. The maximum absolute atomic E-state index is 14.5. The summed E-state index contributed by atoms with van der Waals surface area (Å²) < 4.78 is 19.2. The third-order valence-electron chi connectivity index (χ3n) is 12.7. The number of hydrogen-bond acceptors (Lipinski definition) is 6. The Morgan fingerprint density at radius 3 is 2.51 bits per heavy atom. The molecule has 39 heavy (non-hydrogen) atoms. The quantitative estimate of drug-likeness (QED) is 0.470. The molecule has 3 fully saturated rings. The summed E-state index contributed by atoms with van der Waals surface area (Å²) in [5.41, 5.74) is 0.238. The summed E-state index contributed by atoms with van der Waals surface area (Å²) in [4.78, 5) is 19.0. The van der Waals surface area contributed by atoms with Gasteiger partial charge in [-0.25, -0.2) is 4.39 Å². The van der Waals surface area contributed by atoms with Gasteiger partial charge in [-0.05, 0) is 85.0 Å². The molecule has 9 atom stereocenters. The summed E-state index contributed by atoms with van der Waals surface area (Å²) in [5, 5.41) is 24.6. The third-order valence-corrected chi connectivity index (χ3v) is 12.7. The van der Waals surface area contributed by atoms with Crippen molar-refractivity contribution in [3.8, 4) is 6.07 Å². The number of aromatic nitrogens is 2. The van der Waals surface area contributed by atoms with Gasteiger partial charge in [-0.1, -0.05) is 58.3 Å². The summed E-state index contributed by atoms with van der Waals surface area (Å²) >= 11 is 0. The molecule has 1 aromatic rings. The number of aliphatic hydroxyl groups is 1. The molecule has 3 saturated carbocycles. The van der Waals surface area contributed by atoms with Gasteiger partial charge in [0.2, 0.25) is 11.7 Å². The fraction of sp³-hybridized carbons (Fsp3) is 0.750. The van der Waals surface area contributed by atoms with Crippen LogP contribution >= 0.6 is 0 Å². The molecule has 210 valence electrons. The van der Waals surface area contributed by atoms with Gasteiger partial charge < -0.3 is 9.63 Å². The van der Waals surface area contributed by atoms with Crippen molar-refractivity contribution < 1.29 is 18.8 Å². The molecule has 5 aliphatic rings. The van der Waals surface area contributed by atoms with Crippen molar-refractivity contribution in [1.82, 2.24) is 10.1 Å². The van der Waals surface area contributed by atoms with Crippen LogP contribution in [0.3, 0.4) is 0 Å². The molecule has 7 heteroatoms. The molecular formula is C32H42FN3O3. The second-order valence-corrected chi connectivity index (χ2v) is 14.9. The van der Waals surface area contributed by atoms with Crippen LogP contribution in [-0.2, 0) is 16.9 Å². The number of rotatable bonds is 2. The molecule has 0 amide bonds. The van der Waals surface area contributed by atoms with Crippen LogP contribution in [0.1, 0.15) is 98.2 Å². The van der Waals surface area contributed by atoms with Crippen LogP contribution in [-0.4, -0.2) is 27.1 Å². The van der Waals surface area contributed by atoms with Crippen LogP contribution in [0.25, 0.3) is 0 Å². The van der Waals surface area contributed by atoms with Crippen molar-refractivity contribution >= 4 is 5.78 Å². The lowest BCUT2D eigenvalue weighted by atomic mass is 9.35. The minimum absolute atomic E-state index is 0.0258. The molecule has 0 spiro atoms. The van der Waals surface area contributed by atoms with E-state index in [1.165, 1.54) is 0 Å². The van der Waals surface area contributed by atoms with Gasteiger partial charge in [0.25, 0.3) is 0 Å². The monoisotopic (exact) mass is 535 g/mol. The number of halogens is 1. The van der Waals surface area contributed by atoms with Crippen molar-refractivity contribution in [2.75, 3.05) is 0 Å². The topological polar surface area (TPSA) is 100 Å². The van der Waals surface area contributed by atoms with Crippen molar-refractivity contribution in [2.24, 2.45) is 45.3 Å². The molecule has 5 aliphatic carbocycles. The fourth-order valence-corrected chi connectivity index (χ4v) is 10.3. The lowest BCUT2D eigenvalue weighted by molar-refractivity contribution is -0.160. The highest BCUT2D eigenvalue weighted by Crippen LogP contribution is 2.74. The molecule has 0 aromatic carbocycles. The van der Waals surface area contributed by atoms with E-state index in [9.17, 15) is 19.6 Å². The minimum Gasteiger partial charge on any atom is -0.387 e. The van der Waals surface area contributed by atoms with E-state index < -0.39 is 23.6 Å². The minimum atomic E-state index is -0.760. The zero-order valence-corrected chi connectivity index (χ0v) is 24.2. The largest absolute Gasteiger partial charge is 0.387 e. The van der Waals surface area contributed by atoms with Gasteiger partial charge >= 0.3 is 0 Å². The molecule has 1 aromatic heterocycles. The molecule has 1 heterocycles. The Kier molecular flexibility index (Phi) is 5.75. The van der Waals surface area contributed by atoms with Crippen LogP contribution in [0.2, 0.25) is 0 Å². The Morgan fingerprint density at radius 1 is 1.13 bits per heavy atom. The average molecular weight is 536 g/mol. The molecule has 0 aliphatic heterocycles. The first-order valence-electron chi connectivity index (χ1n) is 14.7.